The summed E-state index contributed by atoms with van der Waals surface area (Å²) in [4.78, 5) is 35.4. The van der Waals surface area contributed by atoms with Crippen LogP contribution in [0.2, 0.25) is 0 Å². The SMILES string of the molecule is CC[C@H](C)[C@H](NC(=O)OCc1ccccc1)C(=O)Oc1cccc(OC(=O)O)c1. The minimum Gasteiger partial charge on any atom is -0.449 e. The molecule has 154 valence electrons. The van der Waals surface area contributed by atoms with E-state index in [1.54, 1.807) is 6.92 Å². The summed E-state index contributed by atoms with van der Waals surface area (Å²) in [7, 11) is 0. The lowest BCUT2D eigenvalue weighted by atomic mass is 9.99. The van der Waals surface area contributed by atoms with Crippen molar-refractivity contribution in [3.8, 4) is 11.5 Å². The molecule has 0 radical (unpaired) electrons. The molecule has 0 aliphatic carbocycles. The van der Waals surface area contributed by atoms with Gasteiger partial charge in [-0.1, -0.05) is 56.7 Å². The molecule has 2 aromatic carbocycles. The third-order valence-corrected chi connectivity index (χ3v) is 4.18. The van der Waals surface area contributed by atoms with Crippen LogP contribution in [0.4, 0.5) is 9.59 Å². The second-order valence-corrected chi connectivity index (χ2v) is 6.33. The van der Waals surface area contributed by atoms with Crippen LogP contribution in [0.5, 0.6) is 11.5 Å². The molecule has 0 bridgehead atoms. The van der Waals surface area contributed by atoms with E-state index in [0.29, 0.717) is 6.42 Å². The maximum absolute atomic E-state index is 12.6. The first-order chi connectivity index (χ1) is 13.9. The van der Waals surface area contributed by atoms with Crippen molar-refractivity contribution in [2.75, 3.05) is 0 Å². The standard InChI is InChI=1S/C21H23NO7/c1-3-14(2)18(22-20(24)27-13-15-8-5-4-6-9-15)19(23)28-16-10-7-11-17(12-16)29-21(25)26/h4-12,14,18H,3,13H2,1-2H3,(H,22,24)(H,25,26)/t14-,18-/m0/s1. The number of amides is 1. The minimum atomic E-state index is -1.48. The summed E-state index contributed by atoms with van der Waals surface area (Å²) >= 11 is 0. The van der Waals surface area contributed by atoms with Gasteiger partial charge < -0.3 is 24.6 Å². The Morgan fingerprint density at radius 3 is 2.28 bits per heavy atom. The number of carbonyl (C=O) groups excluding carboxylic acids is 2. The van der Waals surface area contributed by atoms with E-state index in [9.17, 15) is 14.4 Å². The van der Waals surface area contributed by atoms with Crippen molar-refractivity contribution in [3.63, 3.8) is 0 Å². The molecule has 0 aliphatic heterocycles. The van der Waals surface area contributed by atoms with Gasteiger partial charge in [0.05, 0.1) is 0 Å². The van der Waals surface area contributed by atoms with Crippen LogP contribution in [0, 0.1) is 5.92 Å². The Bertz CT molecular complexity index is 838. The lowest BCUT2D eigenvalue weighted by molar-refractivity contribution is -0.138. The molecular formula is C21H23NO7. The van der Waals surface area contributed by atoms with E-state index >= 15 is 0 Å². The average Bonchev–Trinajstić information content (AvgIpc) is 2.70. The fraction of sp³-hybridized carbons (Fsp3) is 0.286. The highest BCUT2D eigenvalue weighted by molar-refractivity contribution is 5.83. The lowest BCUT2D eigenvalue weighted by Crippen LogP contribution is -2.47. The lowest BCUT2D eigenvalue weighted by Gasteiger charge is -2.22. The van der Waals surface area contributed by atoms with Gasteiger partial charge >= 0.3 is 18.2 Å². The number of carbonyl (C=O) groups is 3. The maximum atomic E-state index is 12.6. The fourth-order valence-electron chi connectivity index (χ4n) is 2.44. The summed E-state index contributed by atoms with van der Waals surface area (Å²) in [5.74, 6) is -0.798. The van der Waals surface area contributed by atoms with Crippen molar-refractivity contribution in [2.24, 2.45) is 5.92 Å². The Kier molecular flexibility index (Phi) is 8.02. The van der Waals surface area contributed by atoms with Gasteiger partial charge in [0, 0.05) is 6.07 Å². The van der Waals surface area contributed by atoms with Crippen LogP contribution in [0.3, 0.4) is 0 Å². The van der Waals surface area contributed by atoms with Crippen molar-refractivity contribution in [2.45, 2.75) is 32.9 Å². The summed E-state index contributed by atoms with van der Waals surface area (Å²) in [6, 6.07) is 13.9. The molecule has 29 heavy (non-hydrogen) atoms. The van der Waals surface area contributed by atoms with Gasteiger partial charge in [0.25, 0.3) is 0 Å². The van der Waals surface area contributed by atoms with Gasteiger partial charge in [-0.2, -0.15) is 0 Å². The molecule has 2 aromatic rings. The summed E-state index contributed by atoms with van der Waals surface area (Å²) in [5.41, 5.74) is 0.820. The smallest absolute Gasteiger partial charge is 0.449 e. The highest BCUT2D eigenvalue weighted by Gasteiger charge is 2.28. The van der Waals surface area contributed by atoms with Gasteiger partial charge in [-0.3, -0.25) is 0 Å². The predicted octanol–water partition coefficient (Wildman–Crippen LogP) is 3.99. The summed E-state index contributed by atoms with van der Waals surface area (Å²) in [6.45, 7) is 3.75. The van der Waals surface area contributed by atoms with E-state index in [0.717, 1.165) is 5.56 Å². The first-order valence-electron chi connectivity index (χ1n) is 9.08. The van der Waals surface area contributed by atoms with Gasteiger partial charge in [0.1, 0.15) is 24.1 Å². The molecule has 0 saturated carbocycles. The largest absolute Gasteiger partial charge is 0.511 e. The van der Waals surface area contributed by atoms with E-state index < -0.39 is 24.3 Å². The van der Waals surface area contributed by atoms with Crippen molar-refractivity contribution < 1.29 is 33.7 Å². The van der Waals surface area contributed by atoms with Gasteiger partial charge in [0.15, 0.2) is 0 Å². The Balaban J connectivity index is 2.00. The Morgan fingerprint density at radius 2 is 1.66 bits per heavy atom. The molecular weight excluding hydrogens is 378 g/mol. The second kappa shape index (κ2) is 10.7. The Hall–Kier alpha value is -3.55. The Labute approximate surface area is 168 Å². The van der Waals surface area contributed by atoms with Crippen LogP contribution < -0.4 is 14.8 Å². The number of carboxylic acid groups (broad SMARTS) is 1. The van der Waals surface area contributed by atoms with E-state index in [1.165, 1.54) is 24.3 Å². The topological polar surface area (TPSA) is 111 Å². The van der Waals surface area contributed by atoms with Crippen molar-refractivity contribution in [3.05, 3.63) is 60.2 Å². The fourth-order valence-corrected chi connectivity index (χ4v) is 2.44. The molecule has 0 fully saturated rings. The molecule has 8 heteroatoms. The van der Waals surface area contributed by atoms with Crippen molar-refractivity contribution in [1.82, 2.24) is 5.32 Å². The second-order valence-electron chi connectivity index (χ2n) is 6.33. The number of esters is 1. The average molecular weight is 401 g/mol. The van der Waals surface area contributed by atoms with Crippen LogP contribution in [0.15, 0.2) is 54.6 Å². The molecule has 0 unspecified atom stereocenters. The van der Waals surface area contributed by atoms with Crippen LogP contribution in [0.1, 0.15) is 25.8 Å². The van der Waals surface area contributed by atoms with Crippen molar-refractivity contribution >= 4 is 18.2 Å². The molecule has 8 nitrogen and oxygen atoms in total. The van der Waals surface area contributed by atoms with E-state index in [-0.39, 0.29) is 24.0 Å². The van der Waals surface area contributed by atoms with E-state index in [1.807, 2.05) is 37.3 Å². The number of hydrogen-bond acceptors (Lipinski definition) is 6. The molecule has 1 amide bonds. The van der Waals surface area contributed by atoms with Crippen LogP contribution >= 0.6 is 0 Å². The van der Waals surface area contributed by atoms with Crippen LogP contribution in [-0.2, 0) is 16.1 Å². The predicted molar refractivity (Wildman–Crippen MR) is 104 cm³/mol. The van der Waals surface area contributed by atoms with Gasteiger partial charge in [0.2, 0.25) is 0 Å². The summed E-state index contributed by atoms with van der Waals surface area (Å²) in [6.07, 6.45) is -1.60. The quantitative estimate of drug-likeness (QED) is 0.391. The molecule has 2 rings (SSSR count). The highest BCUT2D eigenvalue weighted by Crippen LogP contribution is 2.21. The van der Waals surface area contributed by atoms with Gasteiger partial charge in [-0.25, -0.2) is 14.4 Å². The summed E-state index contributed by atoms with van der Waals surface area (Å²) < 4.78 is 15.0. The molecule has 0 saturated heterocycles. The molecule has 2 N–H and O–H groups in total. The number of nitrogens with one attached hydrogen (secondary N) is 1. The Morgan fingerprint density at radius 1 is 1.00 bits per heavy atom. The first kappa shape index (κ1) is 21.7. The number of rotatable bonds is 8. The van der Waals surface area contributed by atoms with E-state index in [2.05, 4.69) is 10.1 Å². The van der Waals surface area contributed by atoms with E-state index in [4.69, 9.17) is 14.6 Å². The van der Waals surface area contributed by atoms with Crippen molar-refractivity contribution in [1.29, 1.82) is 0 Å². The number of hydrogen-bond donors (Lipinski definition) is 2. The molecule has 0 aliphatic rings. The minimum absolute atomic E-state index is 0.0121. The third-order valence-electron chi connectivity index (χ3n) is 4.18. The summed E-state index contributed by atoms with van der Waals surface area (Å²) in [5, 5.41) is 11.2. The molecule has 0 spiro atoms. The first-order valence-corrected chi connectivity index (χ1v) is 9.08. The van der Waals surface area contributed by atoms with Crippen LogP contribution in [-0.4, -0.2) is 29.4 Å². The molecule has 0 heterocycles. The van der Waals surface area contributed by atoms with Gasteiger partial charge in [-0.05, 0) is 23.6 Å². The van der Waals surface area contributed by atoms with Gasteiger partial charge in [-0.15, -0.1) is 0 Å². The molecule has 0 aromatic heterocycles. The maximum Gasteiger partial charge on any atom is 0.511 e. The zero-order chi connectivity index (χ0) is 21.2. The monoisotopic (exact) mass is 401 g/mol. The number of ether oxygens (including phenoxy) is 3. The number of alkyl carbamates (subject to hydrolysis) is 1. The zero-order valence-electron chi connectivity index (χ0n) is 16.2. The third kappa shape index (κ3) is 7.17. The van der Waals surface area contributed by atoms with Crippen LogP contribution in [0.25, 0.3) is 0 Å². The highest BCUT2D eigenvalue weighted by atomic mass is 16.7. The number of benzene rings is 2. The molecule has 2 atom stereocenters. The zero-order valence-corrected chi connectivity index (χ0v) is 16.2. The normalized spacial score (nSPS) is 12.3.